The van der Waals surface area contributed by atoms with Gasteiger partial charge in [-0.1, -0.05) is 16.1 Å². The Balaban J connectivity index is 2.12. The Hall–Kier alpha value is -2.26. The van der Waals surface area contributed by atoms with Gasteiger partial charge in [0.2, 0.25) is 0 Å². The molecule has 0 unspecified atom stereocenters. The van der Waals surface area contributed by atoms with Crippen molar-refractivity contribution >= 4 is 39.9 Å². The largest absolute Gasteiger partial charge is 0.420 e. The van der Waals surface area contributed by atoms with Crippen LogP contribution in [0.15, 0.2) is 27.4 Å². The molecule has 2 heterocycles. The van der Waals surface area contributed by atoms with Gasteiger partial charge in [-0.25, -0.2) is 4.79 Å². The Morgan fingerprint density at radius 3 is 2.95 bits per heavy atom. The van der Waals surface area contributed by atoms with E-state index in [1.54, 1.807) is 0 Å². The van der Waals surface area contributed by atoms with Gasteiger partial charge in [-0.2, -0.15) is 0 Å². The van der Waals surface area contributed by atoms with Gasteiger partial charge in [0.1, 0.15) is 10.0 Å². The van der Waals surface area contributed by atoms with Crippen molar-refractivity contribution < 1.29 is 9.34 Å². The van der Waals surface area contributed by atoms with Crippen LogP contribution in [0, 0.1) is 10.1 Å². The molecule has 2 aromatic heterocycles. The van der Waals surface area contributed by atoms with Gasteiger partial charge in [-0.15, -0.1) is 5.10 Å². The summed E-state index contributed by atoms with van der Waals surface area (Å²) in [6.45, 7) is 0.0962. The molecule has 3 aromatic rings. The molecular formula is C10H5ClN4O4S. The van der Waals surface area contributed by atoms with Crippen molar-refractivity contribution in [3.05, 3.63) is 48.9 Å². The number of fused-ring (bicyclic) bond motifs is 1. The lowest BCUT2D eigenvalue weighted by Crippen LogP contribution is -2.15. The van der Waals surface area contributed by atoms with E-state index in [4.69, 9.17) is 16.0 Å². The van der Waals surface area contributed by atoms with Crippen LogP contribution in [-0.4, -0.2) is 19.1 Å². The number of halogens is 1. The van der Waals surface area contributed by atoms with Gasteiger partial charge in [0.15, 0.2) is 5.58 Å². The topological polar surface area (TPSA) is 104 Å². The summed E-state index contributed by atoms with van der Waals surface area (Å²) < 4.78 is 10.3. The molecule has 8 nitrogen and oxygen atoms in total. The smallest absolute Gasteiger partial charge is 0.407 e. The van der Waals surface area contributed by atoms with E-state index in [-0.39, 0.29) is 17.8 Å². The molecule has 0 radical (unpaired) electrons. The van der Waals surface area contributed by atoms with Gasteiger partial charge in [0.25, 0.3) is 5.69 Å². The Labute approximate surface area is 119 Å². The third kappa shape index (κ3) is 2.06. The zero-order chi connectivity index (χ0) is 14.3. The quantitative estimate of drug-likeness (QED) is 0.541. The lowest BCUT2D eigenvalue weighted by Gasteiger charge is -1.98. The number of nitrogens with zero attached hydrogens (tertiary/aromatic N) is 4. The van der Waals surface area contributed by atoms with Crippen molar-refractivity contribution in [2.45, 2.75) is 6.54 Å². The standard InChI is InChI=1S/C10H5ClN4O4S/c11-9-6(12-13-20-9)4-14-7-2-1-5(15(17)18)3-8(7)19-10(14)16/h1-3H,4H2. The monoisotopic (exact) mass is 312 g/mol. The number of non-ortho nitro benzene ring substituents is 1. The summed E-state index contributed by atoms with van der Waals surface area (Å²) in [4.78, 5) is 21.9. The average molecular weight is 313 g/mol. The highest BCUT2D eigenvalue weighted by Crippen LogP contribution is 2.22. The molecule has 0 fully saturated rings. The van der Waals surface area contributed by atoms with E-state index in [1.807, 2.05) is 0 Å². The lowest BCUT2D eigenvalue weighted by atomic mass is 10.3. The summed E-state index contributed by atoms with van der Waals surface area (Å²) in [6.07, 6.45) is 0. The number of nitro groups is 1. The van der Waals surface area contributed by atoms with Crippen LogP contribution in [0.1, 0.15) is 5.69 Å². The maximum atomic E-state index is 11.8. The van der Waals surface area contributed by atoms with Crippen molar-refractivity contribution in [1.29, 1.82) is 0 Å². The Bertz CT molecular complexity index is 868. The number of benzene rings is 1. The second kappa shape index (κ2) is 4.69. The molecule has 10 heteroatoms. The van der Waals surface area contributed by atoms with Gasteiger partial charge in [0.05, 0.1) is 23.1 Å². The Morgan fingerprint density at radius 1 is 1.50 bits per heavy atom. The van der Waals surface area contributed by atoms with Gasteiger partial charge < -0.3 is 4.42 Å². The summed E-state index contributed by atoms with van der Waals surface area (Å²) >= 11 is 6.90. The van der Waals surface area contributed by atoms with Crippen LogP contribution in [0.3, 0.4) is 0 Å². The predicted octanol–water partition coefficient (Wildman–Crippen LogP) is 2.06. The van der Waals surface area contributed by atoms with Crippen LogP contribution in [0.25, 0.3) is 11.1 Å². The van der Waals surface area contributed by atoms with Crippen LogP contribution in [0.4, 0.5) is 5.69 Å². The maximum absolute atomic E-state index is 11.8. The number of hydrogen-bond donors (Lipinski definition) is 0. The Kier molecular flexibility index (Phi) is 2.99. The third-order valence-corrected chi connectivity index (χ3v) is 3.66. The first kappa shape index (κ1) is 12.8. The highest BCUT2D eigenvalue weighted by molar-refractivity contribution is 7.10. The molecule has 0 spiro atoms. The normalized spacial score (nSPS) is 11.1. The maximum Gasteiger partial charge on any atom is 0.420 e. The van der Waals surface area contributed by atoms with E-state index in [0.29, 0.717) is 15.5 Å². The van der Waals surface area contributed by atoms with Crippen molar-refractivity contribution in [3.63, 3.8) is 0 Å². The summed E-state index contributed by atoms with van der Waals surface area (Å²) in [5.74, 6) is -0.635. The highest BCUT2D eigenvalue weighted by atomic mass is 35.5. The van der Waals surface area contributed by atoms with Crippen LogP contribution < -0.4 is 5.76 Å². The molecule has 0 aliphatic rings. The lowest BCUT2D eigenvalue weighted by molar-refractivity contribution is -0.384. The first-order valence-corrected chi connectivity index (χ1v) is 6.46. The van der Waals surface area contributed by atoms with E-state index in [2.05, 4.69) is 9.59 Å². The van der Waals surface area contributed by atoms with Gasteiger partial charge in [0, 0.05) is 17.6 Å². The minimum atomic E-state index is -0.635. The molecule has 0 saturated heterocycles. The molecule has 3 rings (SSSR count). The van der Waals surface area contributed by atoms with Crippen LogP contribution >= 0.6 is 23.1 Å². The minimum Gasteiger partial charge on any atom is -0.407 e. The van der Waals surface area contributed by atoms with E-state index >= 15 is 0 Å². The summed E-state index contributed by atoms with van der Waals surface area (Å²) in [6, 6.07) is 3.95. The molecule has 0 aliphatic carbocycles. The highest BCUT2D eigenvalue weighted by Gasteiger charge is 2.16. The van der Waals surface area contributed by atoms with Gasteiger partial charge in [-0.3, -0.25) is 14.7 Å². The second-order valence-corrected chi connectivity index (χ2v) is 5.21. The molecular weight excluding hydrogens is 308 g/mol. The predicted molar refractivity (Wildman–Crippen MR) is 71.1 cm³/mol. The molecule has 0 atom stereocenters. The SMILES string of the molecule is O=c1oc2cc([N+](=O)[O-])ccc2n1Cc1nnsc1Cl. The van der Waals surface area contributed by atoms with E-state index < -0.39 is 10.7 Å². The fourth-order valence-corrected chi connectivity index (χ4v) is 2.37. The number of nitro benzene ring substituents is 1. The number of rotatable bonds is 3. The molecule has 20 heavy (non-hydrogen) atoms. The zero-order valence-corrected chi connectivity index (χ0v) is 11.2. The van der Waals surface area contributed by atoms with Crippen molar-refractivity contribution in [3.8, 4) is 0 Å². The number of hydrogen-bond acceptors (Lipinski definition) is 7. The Morgan fingerprint density at radius 2 is 2.30 bits per heavy atom. The molecule has 0 aliphatic heterocycles. The van der Waals surface area contributed by atoms with E-state index in [0.717, 1.165) is 11.5 Å². The molecule has 0 N–H and O–H groups in total. The summed E-state index contributed by atoms with van der Waals surface area (Å²) in [5, 5.41) is 14.5. The van der Waals surface area contributed by atoms with Gasteiger partial charge in [-0.05, 0) is 6.07 Å². The van der Waals surface area contributed by atoms with Crippen LogP contribution in [0.5, 0.6) is 0 Å². The first-order chi connectivity index (χ1) is 9.56. The van der Waals surface area contributed by atoms with Crippen molar-refractivity contribution in [1.82, 2.24) is 14.2 Å². The molecule has 1 aromatic carbocycles. The molecule has 0 bridgehead atoms. The third-order valence-electron chi connectivity index (χ3n) is 2.68. The summed E-state index contributed by atoms with van der Waals surface area (Å²) in [5.41, 5.74) is 0.875. The van der Waals surface area contributed by atoms with E-state index in [9.17, 15) is 14.9 Å². The van der Waals surface area contributed by atoms with Gasteiger partial charge >= 0.3 is 5.76 Å². The fraction of sp³-hybridized carbons (Fsp3) is 0.100. The zero-order valence-electron chi connectivity index (χ0n) is 9.65. The van der Waals surface area contributed by atoms with Crippen molar-refractivity contribution in [2.24, 2.45) is 0 Å². The molecule has 0 amide bonds. The molecule has 102 valence electrons. The second-order valence-electron chi connectivity index (χ2n) is 3.86. The van der Waals surface area contributed by atoms with Crippen LogP contribution in [-0.2, 0) is 6.54 Å². The number of oxazole rings is 1. The van der Waals surface area contributed by atoms with Crippen LogP contribution in [0.2, 0.25) is 4.34 Å². The van der Waals surface area contributed by atoms with E-state index in [1.165, 1.54) is 22.8 Å². The molecule has 0 saturated carbocycles. The minimum absolute atomic E-state index is 0.0962. The van der Waals surface area contributed by atoms with Crippen molar-refractivity contribution in [2.75, 3.05) is 0 Å². The number of aromatic nitrogens is 3. The summed E-state index contributed by atoms with van der Waals surface area (Å²) in [7, 11) is 0. The first-order valence-electron chi connectivity index (χ1n) is 5.31. The average Bonchev–Trinajstić information content (AvgIpc) is 2.94. The fourth-order valence-electron chi connectivity index (χ4n) is 1.76.